The minimum Gasteiger partial charge on any atom is -0.326 e. The van der Waals surface area contributed by atoms with Gasteiger partial charge in [-0.15, -0.1) is 0 Å². The van der Waals surface area contributed by atoms with E-state index in [0.29, 0.717) is 40.9 Å². The Kier molecular flexibility index (Phi) is 4.33. The molecule has 0 aliphatic heterocycles. The topological polar surface area (TPSA) is 101 Å². The van der Waals surface area contributed by atoms with Crippen LogP contribution in [0.4, 0.5) is 5.69 Å². The smallest absolute Gasteiger partial charge is 0.226 e. The molecule has 2 N–H and O–H groups in total. The van der Waals surface area contributed by atoms with Gasteiger partial charge in [0, 0.05) is 17.7 Å². The normalized spacial score (nSPS) is 10.7. The molecule has 8 nitrogen and oxygen atoms in total. The van der Waals surface area contributed by atoms with Gasteiger partial charge in [0.2, 0.25) is 5.91 Å². The minimum absolute atomic E-state index is 0.127. The Morgan fingerprint density at radius 3 is 2.96 bits per heavy atom. The van der Waals surface area contributed by atoms with Gasteiger partial charge in [0.05, 0.1) is 11.6 Å². The average Bonchev–Trinajstić information content (AvgIpc) is 3.17. The molecule has 0 radical (unpaired) electrons. The summed E-state index contributed by atoms with van der Waals surface area (Å²) in [5.74, 6) is 1.11. The van der Waals surface area contributed by atoms with Crippen LogP contribution < -0.4 is 5.32 Å². The van der Waals surface area contributed by atoms with Crippen molar-refractivity contribution in [2.45, 2.75) is 19.9 Å². The second-order valence-electron chi connectivity index (χ2n) is 4.90. The van der Waals surface area contributed by atoms with E-state index in [2.05, 4.69) is 30.6 Å². The van der Waals surface area contributed by atoms with Gasteiger partial charge in [0.1, 0.15) is 18.5 Å². The van der Waals surface area contributed by atoms with Crippen LogP contribution in [0.2, 0.25) is 5.02 Å². The Labute approximate surface area is 136 Å². The lowest BCUT2D eigenvalue weighted by molar-refractivity contribution is -0.116. The summed E-state index contributed by atoms with van der Waals surface area (Å²) in [6.45, 7) is 2.28. The SMILES string of the molecule is Cc1nc(-c2ccc(NC(=O)CCn3cncn3)cc2Cl)n[nH]1. The molecule has 0 bridgehead atoms. The predicted molar refractivity (Wildman–Crippen MR) is 84.8 cm³/mol. The molecule has 0 aliphatic rings. The fourth-order valence-corrected chi connectivity index (χ4v) is 2.29. The van der Waals surface area contributed by atoms with Crippen LogP contribution in [-0.2, 0) is 11.3 Å². The number of anilines is 1. The number of nitrogens with one attached hydrogen (secondary N) is 2. The summed E-state index contributed by atoms with van der Waals surface area (Å²) in [6, 6.07) is 5.22. The van der Waals surface area contributed by atoms with Crippen LogP contribution >= 0.6 is 11.6 Å². The van der Waals surface area contributed by atoms with Crippen molar-refractivity contribution in [2.24, 2.45) is 0 Å². The van der Waals surface area contributed by atoms with E-state index in [1.165, 1.54) is 6.33 Å². The van der Waals surface area contributed by atoms with E-state index >= 15 is 0 Å². The number of aromatic nitrogens is 6. The van der Waals surface area contributed by atoms with Crippen LogP contribution in [0.15, 0.2) is 30.9 Å². The lowest BCUT2D eigenvalue weighted by Crippen LogP contribution is -2.14. The second-order valence-corrected chi connectivity index (χ2v) is 5.30. The van der Waals surface area contributed by atoms with Gasteiger partial charge in [-0.1, -0.05) is 11.6 Å². The first-order chi connectivity index (χ1) is 11.1. The van der Waals surface area contributed by atoms with E-state index < -0.39 is 0 Å². The van der Waals surface area contributed by atoms with Crippen LogP contribution in [0.5, 0.6) is 0 Å². The Morgan fingerprint density at radius 1 is 1.43 bits per heavy atom. The van der Waals surface area contributed by atoms with Crippen molar-refractivity contribution in [3.63, 3.8) is 0 Å². The lowest BCUT2D eigenvalue weighted by Gasteiger charge is -2.07. The maximum absolute atomic E-state index is 11.9. The number of benzene rings is 1. The van der Waals surface area contributed by atoms with Crippen molar-refractivity contribution < 1.29 is 4.79 Å². The molecular weight excluding hydrogens is 318 g/mol. The van der Waals surface area contributed by atoms with Gasteiger partial charge in [-0.2, -0.15) is 10.2 Å². The molecule has 0 saturated carbocycles. The zero-order valence-electron chi connectivity index (χ0n) is 12.3. The summed E-state index contributed by atoms with van der Waals surface area (Å²) in [4.78, 5) is 20.0. The highest BCUT2D eigenvalue weighted by Gasteiger charge is 2.10. The Balaban J connectivity index is 1.64. The van der Waals surface area contributed by atoms with Crippen LogP contribution in [0, 0.1) is 6.92 Å². The number of rotatable bonds is 5. The van der Waals surface area contributed by atoms with Crippen LogP contribution in [0.25, 0.3) is 11.4 Å². The Hall–Kier alpha value is -2.74. The first-order valence-corrected chi connectivity index (χ1v) is 7.31. The summed E-state index contributed by atoms with van der Waals surface area (Å²) in [6.07, 6.45) is 3.29. The molecule has 2 aromatic heterocycles. The molecule has 0 unspecified atom stereocenters. The number of hydrogen-bond acceptors (Lipinski definition) is 5. The minimum atomic E-state index is -0.127. The Bertz CT molecular complexity index is 812. The number of carbonyl (C=O) groups is 1. The summed E-state index contributed by atoms with van der Waals surface area (Å²) in [5, 5.41) is 14.1. The maximum Gasteiger partial charge on any atom is 0.226 e. The third-order valence-corrected chi connectivity index (χ3v) is 3.44. The molecule has 23 heavy (non-hydrogen) atoms. The maximum atomic E-state index is 11.9. The van der Waals surface area contributed by atoms with Crippen LogP contribution in [0.3, 0.4) is 0 Å². The molecule has 0 atom stereocenters. The average molecular weight is 332 g/mol. The third-order valence-electron chi connectivity index (χ3n) is 3.13. The van der Waals surface area contributed by atoms with Gasteiger partial charge in [-0.25, -0.2) is 9.97 Å². The van der Waals surface area contributed by atoms with Crippen molar-refractivity contribution >= 4 is 23.2 Å². The van der Waals surface area contributed by atoms with Crippen molar-refractivity contribution in [3.05, 3.63) is 41.7 Å². The highest BCUT2D eigenvalue weighted by atomic mass is 35.5. The third kappa shape index (κ3) is 3.72. The highest BCUT2D eigenvalue weighted by molar-refractivity contribution is 6.33. The van der Waals surface area contributed by atoms with E-state index in [1.807, 2.05) is 6.92 Å². The van der Waals surface area contributed by atoms with Crippen molar-refractivity contribution in [3.8, 4) is 11.4 Å². The second kappa shape index (κ2) is 6.57. The number of H-pyrrole nitrogens is 1. The molecule has 0 spiro atoms. The first-order valence-electron chi connectivity index (χ1n) is 6.93. The van der Waals surface area contributed by atoms with Crippen molar-refractivity contribution in [2.75, 3.05) is 5.32 Å². The molecule has 1 amide bonds. The molecule has 2 heterocycles. The molecule has 3 rings (SSSR count). The summed E-state index contributed by atoms with van der Waals surface area (Å²) < 4.78 is 1.60. The molecule has 0 aliphatic carbocycles. The van der Waals surface area contributed by atoms with E-state index in [1.54, 1.807) is 29.2 Å². The molecule has 9 heteroatoms. The number of aryl methyl sites for hydroxylation is 2. The van der Waals surface area contributed by atoms with Gasteiger partial charge in [0.15, 0.2) is 5.82 Å². The van der Waals surface area contributed by atoms with Gasteiger partial charge in [-0.3, -0.25) is 14.6 Å². The summed E-state index contributed by atoms with van der Waals surface area (Å²) >= 11 is 6.25. The van der Waals surface area contributed by atoms with E-state index in [-0.39, 0.29) is 5.91 Å². The molecule has 3 aromatic rings. The number of halogens is 1. The van der Waals surface area contributed by atoms with Crippen LogP contribution in [0.1, 0.15) is 12.2 Å². The fourth-order valence-electron chi connectivity index (χ4n) is 2.03. The largest absolute Gasteiger partial charge is 0.326 e. The van der Waals surface area contributed by atoms with Crippen molar-refractivity contribution in [1.82, 2.24) is 29.9 Å². The molecule has 0 saturated heterocycles. The van der Waals surface area contributed by atoms with Gasteiger partial charge in [-0.05, 0) is 25.1 Å². The Morgan fingerprint density at radius 2 is 2.30 bits per heavy atom. The standard InChI is InChI=1S/C14H14ClN7O/c1-9-18-14(21-20-9)11-3-2-10(6-12(11)15)19-13(23)4-5-22-8-16-7-17-22/h2-3,6-8H,4-5H2,1H3,(H,19,23)(H,18,20,21). The van der Waals surface area contributed by atoms with Gasteiger partial charge >= 0.3 is 0 Å². The predicted octanol–water partition coefficient (Wildman–Crippen LogP) is 2.05. The fraction of sp³-hybridized carbons (Fsp3) is 0.214. The number of amides is 1. The summed E-state index contributed by atoms with van der Waals surface area (Å²) in [5.41, 5.74) is 1.33. The summed E-state index contributed by atoms with van der Waals surface area (Å²) in [7, 11) is 0. The monoisotopic (exact) mass is 331 g/mol. The number of nitrogens with zero attached hydrogens (tertiary/aromatic N) is 5. The first kappa shape index (κ1) is 15.2. The van der Waals surface area contributed by atoms with Gasteiger partial charge in [0.25, 0.3) is 0 Å². The molecule has 118 valence electrons. The zero-order valence-corrected chi connectivity index (χ0v) is 13.1. The van der Waals surface area contributed by atoms with E-state index in [4.69, 9.17) is 11.6 Å². The quantitative estimate of drug-likeness (QED) is 0.745. The van der Waals surface area contributed by atoms with Gasteiger partial charge < -0.3 is 5.32 Å². The van der Waals surface area contributed by atoms with Crippen molar-refractivity contribution in [1.29, 1.82) is 0 Å². The number of aromatic amines is 1. The van der Waals surface area contributed by atoms with Crippen LogP contribution in [-0.4, -0.2) is 35.9 Å². The number of hydrogen-bond donors (Lipinski definition) is 2. The molecular formula is C14H14ClN7O. The highest BCUT2D eigenvalue weighted by Crippen LogP contribution is 2.28. The zero-order chi connectivity index (χ0) is 16.2. The molecule has 0 fully saturated rings. The molecule has 1 aromatic carbocycles. The van der Waals surface area contributed by atoms with E-state index in [9.17, 15) is 4.79 Å². The number of carbonyl (C=O) groups excluding carboxylic acids is 1. The lowest BCUT2D eigenvalue weighted by atomic mass is 10.2. The van der Waals surface area contributed by atoms with E-state index in [0.717, 1.165) is 0 Å².